The second-order valence-electron chi connectivity index (χ2n) is 3.96. The van der Waals surface area contributed by atoms with Gasteiger partial charge in [0.05, 0.1) is 0 Å². The summed E-state index contributed by atoms with van der Waals surface area (Å²) in [6.07, 6.45) is 3.96. The predicted molar refractivity (Wildman–Crippen MR) is 52.6 cm³/mol. The van der Waals surface area contributed by atoms with Gasteiger partial charge in [0.2, 0.25) is 0 Å². The molecule has 1 aliphatic carbocycles. The van der Waals surface area contributed by atoms with Crippen LogP contribution in [0, 0.1) is 5.41 Å². The molecule has 1 aliphatic rings. The molecule has 1 heteroatoms. The summed E-state index contributed by atoms with van der Waals surface area (Å²) in [6.45, 7) is 2.10. The zero-order chi connectivity index (χ0) is 9.31. The van der Waals surface area contributed by atoms with Gasteiger partial charge in [0, 0.05) is 5.41 Å². The van der Waals surface area contributed by atoms with Crippen molar-refractivity contribution in [3.63, 3.8) is 0 Å². The third-order valence-electron chi connectivity index (χ3n) is 3.16. The summed E-state index contributed by atoms with van der Waals surface area (Å²) >= 11 is 0. The molecule has 0 spiro atoms. The van der Waals surface area contributed by atoms with Crippen LogP contribution in [0.1, 0.15) is 24.5 Å². The van der Waals surface area contributed by atoms with E-state index >= 15 is 0 Å². The van der Waals surface area contributed by atoms with Crippen LogP contribution in [-0.2, 0) is 17.6 Å². The van der Waals surface area contributed by atoms with Crippen LogP contribution in [0.25, 0.3) is 0 Å². The molecule has 0 saturated heterocycles. The van der Waals surface area contributed by atoms with Gasteiger partial charge >= 0.3 is 0 Å². The highest BCUT2D eigenvalue weighted by Crippen LogP contribution is 2.37. The number of fused-ring (bicyclic) bond motifs is 1. The van der Waals surface area contributed by atoms with Crippen molar-refractivity contribution in [1.29, 1.82) is 0 Å². The van der Waals surface area contributed by atoms with E-state index in [4.69, 9.17) is 0 Å². The normalized spacial score (nSPS) is 18.2. The molecule has 0 N–H and O–H groups in total. The molecule has 0 radical (unpaired) electrons. The number of hydrogen-bond acceptors (Lipinski definition) is 1. The zero-order valence-corrected chi connectivity index (χ0v) is 7.92. The molecule has 0 saturated carbocycles. The van der Waals surface area contributed by atoms with E-state index in [9.17, 15) is 4.79 Å². The molecule has 0 bridgehead atoms. The Morgan fingerprint density at radius 3 is 2.23 bits per heavy atom. The standard InChI is InChI=1S/C12H14O/c1-2-12(9-13)7-10-5-3-4-6-11(10)8-12/h3-6,9H,2,7-8H2,1H3. The van der Waals surface area contributed by atoms with Gasteiger partial charge in [-0.25, -0.2) is 0 Å². The van der Waals surface area contributed by atoms with Crippen molar-refractivity contribution in [3.8, 4) is 0 Å². The molecule has 0 unspecified atom stereocenters. The fraction of sp³-hybridized carbons (Fsp3) is 0.417. The van der Waals surface area contributed by atoms with Crippen LogP contribution >= 0.6 is 0 Å². The third kappa shape index (κ3) is 1.28. The Morgan fingerprint density at radius 1 is 1.31 bits per heavy atom. The van der Waals surface area contributed by atoms with E-state index in [1.807, 2.05) is 0 Å². The average molecular weight is 174 g/mol. The van der Waals surface area contributed by atoms with Crippen molar-refractivity contribution < 1.29 is 4.79 Å². The highest BCUT2D eigenvalue weighted by molar-refractivity contribution is 5.63. The van der Waals surface area contributed by atoms with E-state index < -0.39 is 0 Å². The minimum atomic E-state index is -0.0936. The highest BCUT2D eigenvalue weighted by Gasteiger charge is 2.34. The van der Waals surface area contributed by atoms with Crippen molar-refractivity contribution in [1.82, 2.24) is 0 Å². The van der Waals surface area contributed by atoms with E-state index in [-0.39, 0.29) is 5.41 Å². The smallest absolute Gasteiger partial charge is 0.126 e. The topological polar surface area (TPSA) is 17.1 Å². The molecule has 0 fully saturated rings. The van der Waals surface area contributed by atoms with Gasteiger partial charge in [-0.15, -0.1) is 0 Å². The molecule has 1 aromatic carbocycles. The lowest BCUT2D eigenvalue weighted by atomic mass is 9.84. The van der Waals surface area contributed by atoms with E-state index in [2.05, 4.69) is 31.2 Å². The lowest BCUT2D eigenvalue weighted by Crippen LogP contribution is -2.21. The molecule has 0 aliphatic heterocycles. The maximum absolute atomic E-state index is 11.0. The second-order valence-corrected chi connectivity index (χ2v) is 3.96. The van der Waals surface area contributed by atoms with E-state index in [1.165, 1.54) is 11.1 Å². The Bertz CT molecular complexity index is 303. The Labute approximate surface area is 78.8 Å². The SMILES string of the molecule is CCC1(C=O)Cc2ccccc2C1. The van der Waals surface area contributed by atoms with Crippen LogP contribution in [-0.4, -0.2) is 6.29 Å². The number of carbonyl (C=O) groups excluding carboxylic acids is 1. The quantitative estimate of drug-likeness (QED) is 0.629. The second kappa shape index (κ2) is 2.99. The van der Waals surface area contributed by atoms with E-state index in [0.29, 0.717) is 0 Å². The summed E-state index contributed by atoms with van der Waals surface area (Å²) in [5, 5.41) is 0. The van der Waals surface area contributed by atoms with E-state index in [1.54, 1.807) is 0 Å². The van der Waals surface area contributed by atoms with Crippen molar-refractivity contribution in [2.24, 2.45) is 5.41 Å². The Hall–Kier alpha value is -1.11. The molecule has 0 aromatic heterocycles. The lowest BCUT2D eigenvalue weighted by Gasteiger charge is -2.18. The Morgan fingerprint density at radius 2 is 1.85 bits per heavy atom. The van der Waals surface area contributed by atoms with Crippen LogP contribution in [0.3, 0.4) is 0 Å². The van der Waals surface area contributed by atoms with Gasteiger partial charge in [0.25, 0.3) is 0 Å². The minimum Gasteiger partial charge on any atom is -0.303 e. The fourth-order valence-electron chi connectivity index (χ4n) is 2.14. The molecule has 13 heavy (non-hydrogen) atoms. The monoisotopic (exact) mass is 174 g/mol. The van der Waals surface area contributed by atoms with Gasteiger partial charge in [0.1, 0.15) is 6.29 Å². The van der Waals surface area contributed by atoms with Gasteiger partial charge in [-0.05, 0) is 30.4 Å². The maximum Gasteiger partial charge on any atom is 0.126 e. The fourth-order valence-corrected chi connectivity index (χ4v) is 2.14. The maximum atomic E-state index is 11.0. The summed E-state index contributed by atoms with van der Waals surface area (Å²) < 4.78 is 0. The van der Waals surface area contributed by atoms with Crippen molar-refractivity contribution in [2.45, 2.75) is 26.2 Å². The van der Waals surface area contributed by atoms with Crippen molar-refractivity contribution >= 4 is 6.29 Å². The largest absolute Gasteiger partial charge is 0.303 e. The summed E-state index contributed by atoms with van der Waals surface area (Å²) in [6, 6.07) is 8.37. The molecule has 0 amide bonds. The van der Waals surface area contributed by atoms with Crippen LogP contribution in [0.4, 0.5) is 0 Å². The van der Waals surface area contributed by atoms with Crippen LogP contribution in [0.5, 0.6) is 0 Å². The molecular formula is C12H14O. The molecule has 1 nitrogen and oxygen atoms in total. The number of carbonyl (C=O) groups is 1. The average Bonchev–Trinajstić information content (AvgIpc) is 2.57. The Balaban J connectivity index is 2.35. The molecule has 68 valence electrons. The van der Waals surface area contributed by atoms with Crippen molar-refractivity contribution in [2.75, 3.05) is 0 Å². The first-order valence-corrected chi connectivity index (χ1v) is 4.83. The number of rotatable bonds is 2. The highest BCUT2D eigenvalue weighted by atomic mass is 16.1. The van der Waals surface area contributed by atoms with Gasteiger partial charge in [-0.2, -0.15) is 0 Å². The minimum absolute atomic E-state index is 0.0936. The summed E-state index contributed by atoms with van der Waals surface area (Å²) in [5.41, 5.74) is 2.62. The molecule has 2 rings (SSSR count). The van der Waals surface area contributed by atoms with Crippen molar-refractivity contribution in [3.05, 3.63) is 35.4 Å². The lowest BCUT2D eigenvalue weighted by molar-refractivity contribution is -0.115. The van der Waals surface area contributed by atoms with E-state index in [0.717, 1.165) is 25.5 Å². The van der Waals surface area contributed by atoms with Crippen LogP contribution < -0.4 is 0 Å². The number of benzene rings is 1. The predicted octanol–water partition coefficient (Wildman–Crippen LogP) is 2.38. The van der Waals surface area contributed by atoms with Crippen LogP contribution in [0.15, 0.2) is 24.3 Å². The third-order valence-corrected chi connectivity index (χ3v) is 3.16. The zero-order valence-electron chi connectivity index (χ0n) is 7.92. The molecule has 0 heterocycles. The first kappa shape index (κ1) is 8.49. The first-order chi connectivity index (χ1) is 6.29. The van der Waals surface area contributed by atoms with Gasteiger partial charge in [-0.1, -0.05) is 31.2 Å². The number of hydrogen-bond donors (Lipinski definition) is 0. The molecule has 0 atom stereocenters. The summed E-state index contributed by atoms with van der Waals surface area (Å²) in [5.74, 6) is 0. The molecule has 1 aromatic rings. The van der Waals surface area contributed by atoms with Gasteiger partial charge in [0.15, 0.2) is 0 Å². The van der Waals surface area contributed by atoms with Crippen LogP contribution in [0.2, 0.25) is 0 Å². The first-order valence-electron chi connectivity index (χ1n) is 4.83. The van der Waals surface area contributed by atoms with Gasteiger partial charge < -0.3 is 4.79 Å². The number of aldehydes is 1. The van der Waals surface area contributed by atoms with Gasteiger partial charge in [-0.3, -0.25) is 0 Å². The Kier molecular flexibility index (Phi) is 1.95. The molecular weight excluding hydrogens is 160 g/mol. The summed E-state index contributed by atoms with van der Waals surface area (Å²) in [7, 11) is 0. The summed E-state index contributed by atoms with van der Waals surface area (Å²) in [4.78, 5) is 11.0.